The highest BCUT2D eigenvalue weighted by molar-refractivity contribution is 8.13. The molecule has 0 spiro atoms. The van der Waals surface area contributed by atoms with Crippen LogP contribution in [0.25, 0.3) is 5.52 Å². The average molecular weight is 574 g/mol. The number of phosphoric acid groups is 1. The molecule has 1 fully saturated rings. The Hall–Kier alpha value is -1.69. The molecule has 1 aliphatic heterocycles. The first-order valence-corrected chi connectivity index (χ1v) is 15.3. The first-order valence-electron chi connectivity index (χ1n) is 11.5. The van der Waals surface area contributed by atoms with Crippen LogP contribution in [0.3, 0.4) is 0 Å². The summed E-state index contributed by atoms with van der Waals surface area (Å²) in [4.78, 5) is 16.1. The number of anilines is 1. The van der Waals surface area contributed by atoms with Crippen LogP contribution in [0, 0.1) is 16.7 Å². The van der Waals surface area contributed by atoms with E-state index in [-0.39, 0.29) is 36.5 Å². The topological polar surface area (TPSA) is 171 Å². The molecule has 1 aliphatic rings. The summed E-state index contributed by atoms with van der Waals surface area (Å²) in [5.74, 6) is 0.404. The van der Waals surface area contributed by atoms with Crippen molar-refractivity contribution in [3.05, 3.63) is 24.2 Å². The minimum atomic E-state index is -4.13. The van der Waals surface area contributed by atoms with Gasteiger partial charge in [0.05, 0.1) is 31.4 Å². The fraction of sp³-hybridized carbons (Fsp3) is 0.636. The normalized spacial score (nSPS) is 23.7. The lowest BCUT2D eigenvalue weighted by atomic mass is 9.90. The fourth-order valence-electron chi connectivity index (χ4n) is 3.52. The SMILES string of the molecule is CSCCOP(=O)(OCCSC(=O)C(C)(C)C)OCC1(C#N)OCC(c2ccc3c(N)ncnn23)C1O. The van der Waals surface area contributed by atoms with Crippen molar-refractivity contribution >= 4 is 47.8 Å². The van der Waals surface area contributed by atoms with Crippen molar-refractivity contribution in [2.75, 3.05) is 49.9 Å². The van der Waals surface area contributed by atoms with E-state index in [1.165, 1.54) is 22.6 Å². The van der Waals surface area contributed by atoms with Crippen molar-refractivity contribution < 1.29 is 32.8 Å². The van der Waals surface area contributed by atoms with Gasteiger partial charge in [0.15, 0.2) is 10.9 Å². The second kappa shape index (κ2) is 12.4. The molecular weight excluding hydrogens is 541 g/mol. The van der Waals surface area contributed by atoms with Crippen molar-refractivity contribution in [1.82, 2.24) is 14.6 Å². The molecule has 0 aromatic carbocycles. The van der Waals surface area contributed by atoms with Crippen LogP contribution in [0.2, 0.25) is 0 Å². The van der Waals surface area contributed by atoms with Crippen LogP contribution >= 0.6 is 31.3 Å². The summed E-state index contributed by atoms with van der Waals surface area (Å²) in [6.45, 7) is 4.85. The number of nitriles is 1. The van der Waals surface area contributed by atoms with Gasteiger partial charge >= 0.3 is 7.82 Å². The van der Waals surface area contributed by atoms with Gasteiger partial charge in [0.1, 0.15) is 30.6 Å². The molecule has 37 heavy (non-hydrogen) atoms. The molecule has 4 atom stereocenters. The summed E-state index contributed by atoms with van der Waals surface area (Å²) >= 11 is 2.54. The third-order valence-corrected chi connectivity index (χ3v) is 8.87. The first-order chi connectivity index (χ1) is 17.5. The number of aromatic nitrogens is 3. The van der Waals surface area contributed by atoms with Gasteiger partial charge in [-0.2, -0.15) is 22.1 Å². The molecule has 0 bridgehead atoms. The molecular formula is C22H32N5O7PS2. The van der Waals surface area contributed by atoms with Gasteiger partial charge in [-0.1, -0.05) is 32.5 Å². The molecule has 0 saturated carbocycles. The Morgan fingerprint density at radius 1 is 1.35 bits per heavy atom. The zero-order chi connectivity index (χ0) is 27.3. The minimum absolute atomic E-state index is 0.0157. The third-order valence-electron chi connectivity index (χ3n) is 5.61. The zero-order valence-electron chi connectivity index (χ0n) is 21.2. The van der Waals surface area contributed by atoms with Crippen molar-refractivity contribution in [2.45, 2.75) is 38.4 Å². The molecule has 12 nitrogen and oxygen atoms in total. The number of carbonyl (C=O) groups excluding carboxylic acids is 1. The van der Waals surface area contributed by atoms with Crippen LogP contribution in [0.4, 0.5) is 5.82 Å². The Balaban J connectivity index is 1.69. The van der Waals surface area contributed by atoms with Gasteiger partial charge in [0.25, 0.3) is 0 Å². The number of carbonyl (C=O) groups is 1. The summed E-state index contributed by atoms with van der Waals surface area (Å²) in [5.41, 5.74) is 4.68. The maximum atomic E-state index is 13.3. The molecule has 3 N–H and O–H groups in total. The van der Waals surface area contributed by atoms with E-state index in [9.17, 15) is 19.7 Å². The van der Waals surface area contributed by atoms with Crippen molar-refractivity contribution in [3.8, 4) is 6.07 Å². The summed E-state index contributed by atoms with van der Waals surface area (Å²) in [6, 6.07) is 5.41. The molecule has 15 heteroatoms. The zero-order valence-corrected chi connectivity index (χ0v) is 23.7. The van der Waals surface area contributed by atoms with E-state index in [1.807, 2.05) is 33.1 Å². The Kier molecular flexibility index (Phi) is 10.0. The maximum Gasteiger partial charge on any atom is 0.474 e. The number of hydrogen-bond acceptors (Lipinski definition) is 13. The quantitative estimate of drug-likeness (QED) is 0.281. The van der Waals surface area contributed by atoms with Gasteiger partial charge in [-0.05, 0) is 18.4 Å². The number of fused-ring (bicyclic) bond motifs is 1. The van der Waals surface area contributed by atoms with Crippen LogP contribution in [0.15, 0.2) is 18.5 Å². The fourth-order valence-corrected chi connectivity index (χ4v) is 6.00. The van der Waals surface area contributed by atoms with Gasteiger partial charge in [-0.25, -0.2) is 14.1 Å². The maximum absolute atomic E-state index is 13.3. The molecule has 2 aromatic heterocycles. The van der Waals surface area contributed by atoms with Crippen molar-refractivity contribution in [3.63, 3.8) is 0 Å². The number of rotatable bonds is 12. The minimum Gasteiger partial charge on any atom is -0.388 e. The Labute approximate surface area is 224 Å². The molecule has 0 amide bonds. The molecule has 2 aromatic rings. The second-order valence-electron chi connectivity index (χ2n) is 9.33. The van der Waals surface area contributed by atoms with Gasteiger partial charge in [0.2, 0.25) is 5.60 Å². The smallest absolute Gasteiger partial charge is 0.388 e. The van der Waals surface area contributed by atoms with E-state index in [0.29, 0.717) is 17.0 Å². The van der Waals surface area contributed by atoms with E-state index < -0.39 is 37.5 Å². The number of nitrogens with zero attached hydrogens (tertiary/aromatic N) is 4. The molecule has 4 unspecified atom stereocenters. The molecule has 3 heterocycles. The molecule has 3 rings (SSSR count). The van der Waals surface area contributed by atoms with E-state index in [2.05, 4.69) is 10.1 Å². The van der Waals surface area contributed by atoms with E-state index in [0.717, 1.165) is 11.8 Å². The lowest BCUT2D eigenvalue weighted by Crippen LogP contribution is -2.44. The highest BCUT2D eigenvalue weighted by Crippen LogP contribution is 2.51. The Morgan fingerprint density at radius 2 is 2.05 bits per heavy atom. The lowest BCUT2D eigenvalue weighted by Gasteiger charge is -2.27. The van der Waals surface area contributed by atoms with E-state index in [4.69, 9.17) is 24.0 Å². The Bertz CT molecular complexity index is 1180. The number of aliphatic hydroxyl groups excluding tert-OH is 1. The summed E-state index contributed by atoms with van der Waals surface area (Å²) in [5, 5.41) is 25.2. The second-order valence-corrected chi connectivity index (χ2v) is 13.1. The molecule has 1 saturated heterocycles. The third kappa shape index (κ3) is 7.04. The average Bonchev–Trinajstić information content (AvgIpc) is 3.42. The number of nitrogens with two attached hydrogens (primary N) is 1. The van der Waals surface area contributed by atoms with Crippen molar-refractivity contribution in [1.29, 1.82) is 5.26 Å². The van der Waals surface area contributed by atoms with Gasteiger partial charge < -0.3 is 15.6 Å². The summed E-state index contributed by atoms with van der Waals surface area (Å²) < 4.78 is 37.0. The molecule has 0 aliphatic carbocycles. The number of aliphatic hydroxyl groups is 1. The molecule has 0 radical (unpaired) electrons. The van der Waals surface area contributed by atoms with Gasteiger partial charge in [-0.15, -0.1) is 0 Å². The molecule has 204 valence electrons. The van der Waals surface area contributed by atoms with Crippen LogP contribution in [0.1, 0.15) is 32.4 Å². The van der Waals surface area contributed by atoms with Gasteiger partial charge in [0, 0.05) is 16.9 Å². The predicted octanol–water partition coefficient (Wildman–Crippen LogP) is 2.88. The first kappa shape index (κ1) is 29.9. The highest BCUT2D eigenvalue weighted by Gasteiger charge is 2.53. The van der Waals surface area contributed by atoms with Gasteiger partial charge in [-0.3, -0.25) is 18.4 Å². The number of ether oxygens (including phenoxy) is 1. The number of thioether (sulfide) groups is 2. The van der Waals surface area contributed by atoms with Crippen molar-refractivity contribution in [2.24, 2.45) is 5.41 Å². The van der Waals surface area contributed by atoms with Crippen LogP contribution in [-0.4, -0.2) is 80.7 Å². The number of nitrogen functional groups attached to an aromatic ring is 1. The number of phosphoric ester groups is 1. The largest absolute Gasteiger partial charge is 0.474 e. The standard InChI is InChI=1S/C22H32N5O7PS2/c1-21(2,3)20(29)37-10-8-33-35(30,32-7-9-36-4)34-13-22(12-23)18(28)15(11-31-22)16-5-6-17-19(24)25-14-26-27(16)17/h5-6,14-15,18,28H,7-11,13H2,1-4H3,(H2,24,25,26). The number of hydrogen-bond donors (Lipinski definition) is 2. The highest BCUT2D eigenvalue weighted by atomic mass is 32.2. The summed E-state index contributed by atoms with van der Waals surface area (Å²) in [7, 11) is -4.13. The predicted molar refractivity (Wildman–Crippen MR) is 141 cm³/mol. The Morgan fingerprint density at radius 3 is 2.70 bits per heavy atom. The van der Waals surface area contributed by atoms with Crippen LogP contribution < -0.4 is 5.73 Å². The van der Waals surface area contributed by atoms with Crippen LogP contribution in [-0.2, 0) is 27.7 Å². The monoisotopic (exact) mass is 573 g/mol. The summed E-state index contributed by atoms with van der Waals surface area (Å²) in [6.07, 6.45) is 1.82. The lowest BCUT2D eigenvalue weighted by molar-refractivity contribution is -0.117. The van der Waals surface area contributed by atoms with E-state index >= 15 is 0 Å². The van der Waals surface area contributed by atoms with E-state index in [1.54, 1.807) is 12.1 Å². The van der Waals surface area contributed by atoms with Crippen LogP contribution in [0.5, 0.6) is 0 Å².